The SMILES string of the molecule is CCc1ccc(OCC(=O)OCC(=O)N[C@H]2CCCC[C@@H]2C)cc1. The molecule has 1 aromatic rings. The van der Waals surface area contributed by atoms with Gasteiger partial charge in [-0.05, 0) is 42.9 Å². The Morgan fingerprint density at radius 2 is 1.83 bits per heavy atom. The highest BCUT2D eigenvalue weighted by atomic mass is 16.6. The minimum absolute atomic E-state index is 0.193. The summed E-state index contributed by atoms with van der Waals surface area (Å²) in [5, 5.41) is 2.95. The fraction of sp³-hybridized carbons (Fsp3) is 0.579. The lowest BCUT2D eigenvalue weighted by Crippen LogP contribution is -2.43. The fourth-order valence-corrected chi connectivity index (χ4v) is 2.93. The molecule has 5 heteroatoms. The number of nitrogens with one attached hydrogen (secondary N) is 1. The van der Waals surface area contributed by atoms with E-state index in [0.717, 1.165) is 25.7 Å². The van der Waals surface area contributed by atoms with Gasteiger partial charge in [0, 0.05) is 6.04 Å². The molecule has 0 unspecified atom stereocenters. The van der Waals surface area contributed by atoms with E-state index in [4.69, 9.17) is 9.47 Å². The lowest BCUT2D eigenvalue weighted by molar-refractivity contribution is -0.150. The number of esters is 1. The zero-order valence-corrected chi connectivity index (χ0v) is 14.5. The molecule has 132 valence electrons. The van der Waals surface area contributed by atoms with Crippen molar-refractivity contribution in [3.8, 4) is 5.75 Å². The van der Waals surface area contributed by atoms with Crippen molar-refractivity contribution >= 4 is 11.9 Å². The maximum absolute atomic E-state index is 11.9. The molecule has 1 aliphatic carbocycles. The lowest BCUT2D eigenvalue weighted by Gasteiger charge is -2.29. The monoisotopic (exact) mass is 333 g/mol. The molecular formula is C19H27NO4. The molecule has 2 rings (SSSR count). The molecular weight excluding hydrogens is 306 g/mol. The van der Waals surface area contributed by atoms with Crippen LogP contribution in [-0.4, -0.2) is 31.1 Å². The van der Waals surface area contributed by atoms with Crippen molar-refractivity contribution < 1.29 is 19.1 Å². The smallest absolute Gasteiger partial charge is 0.344 e. The first-order valence-corrected chi connectivity index (χ1v) is 8.75. The van der Waals surface area contributed by atoms with E-state index < -0.39 is 5.97 Å². The third-order valence-corrected chi connectivity index (χ3v) is 4.51. The van der Waals surface area contributed by atoms with E-state index >= 15 is 0 Å². The topological polar surface area (TPSA) is 64.6 Å². The molecule has 1 amide bonds. The summed E-state index contributed by atoms with van der Waals surface area (Å²) in [7, 11) is 0. The number of ether oxygens (including phenoxy) is 2. The highest BCUT2D eigenvalue weighted by Crippen LogP contribution is 2.23. The van der Waals surface area contributed by atoms with E-state index in [0.29, 0.717) is 11.7 Å². The number of hydrogen-bond donors (Lipinski definition) is 1. The van der Waals surface area contributed by atoms with Gasteiger partial charge in [-0.25, -0.2) is 4.79 Å². The zero-order chi connectivity index (χ0) is 17.4. The van der Waals surface area contributed by atoms with E-state index in [1.54, 1.807) is 0 Å². The quantitative estimate of drug-likeness (QED) is 0.779. The largest absolute Gasteiger partial charge is 0.482 e. The normalized spacial score (nSPS) is 20.2. The third-order valence-electron chi connectivity index (χ3n) is 4.51. The van der Waals surface area contributed by atoms with Crippen LogP contribution in [0.2, 0.25) is 0 Å². The molecule has 1 fully saturated rings. The van der Waals surface area contributed by atoms with E-state index in [1.165, 1.54) is 12.0 Å². The van der Waals surface area contributed by atoms with Gasteiger partial charge in [-0.2, -0.15) is 0 Å². The molecule has 0 spiro atoms. The summed E-state index contributed by atoms with van der Waals surface area (Å²) in [4.78, 5) is 23.6. The van der Waals surface area contributed by atoms with Crippen LogP contribution in [0.15, 0.2) is 24.3 Å². The van der Waals surface area contributed by atoms with Crippen LogP contribution in [0.3, 0.4) is 0 Å². The van der Waals surface area contributed by atoms with Crippen molar-refractivity contribution in [2.75, 3.05) is 13.2 Å². The van der Waals surface area contributed by atoms with Gasteiger partial charge in [0.05, 0.1) is 0 Å². The van der Waals surface area contributed by atoms with Gasteiger partial charge in [0.1, 0.15) is 5.75 Å². The minimum Gasteiger partial charge on any atom is -0.482 e. The first-order valence-electron chi connectivity index (χ1n) is 8.75. The Morgan fingerprint density at radius 1 is 1.12 bits per heavy atom. The molecule has 5 nitrogen and oxygen atoms in total. The van der Waals surface area contributed by atoms with Crippen molar-refractivity contribution in [1.29, 1.82) is 0 Å². The highest BCUT2D eigenvalue weighted by molar-refractivity contribution is 5.81. The molecule has 0 bridgehead atoms. The van der Waals surface area contributed by atoms with Crippen molar-refractivity contribution in [1.82, 2.24) is 5.32 Å². The Bertz CT molecular complexity index is 541. The summed E-state index contributed by atoms with van der Waals surface area (Å²) >= 11 is 0. The molecule has 0 aromatic heterocycles. The van der Waals surface area contributed by atoms with E-state index in [1.807, 2.05) is 24.3 Å². The van der Waals surface area contributed by atoms with Crippen LogP contribution in [0, 0.1) is 5.92 Å². The molecule has 0 saturated heterocycles. The summed E-state index contributed by atoms with van der Waals surface area (Å²) in [5.41, 5.74) is 1.21. The van der Waals surface area contributed by atoms with Crippen LogP contribution < -0.4 is 10.1 Å². The first-order chi connectivity index (χ1) is 11.6. The second-order valence-electron chi connectivity index (χ2n) is 6.38. The van der Waals surface area contributed by atoms with Crippen LogP contribution in [-0.2, 0) is 20.7 Å². The van der Waals surface area contributed by atoms with Gasteiger partial charge in [-0.1, -0.05) is 38.8 Å². The predicted octanol–water partition coefficient (Wildman–Crippen LogP) is 2.87. The van der Waals surface area contributed by atoms with Gasteiger partial charge in [-0.3, -0.25) is 4.79 Å². The van der Waals surface area contributed by atoms with Gasteiger partial charge >= 0.3 is 5.97 Å². The van der Waals surface area contributed by atoms with Crippen LogP contribution in [0.25, 0.3) is 0 Å². The van der Waals surface area contributed by atoms with Gasteiger partial charge in [0.2, 0.25) is 0 Å². The molecule has 2 atom stereocenters. The van der Waals surface area contributed by atoms with Crippen LogP contribution in [0.1, 0.15) is 45.1 Å². The van der Waals surface area contributed by atoms with Crippen molar-refractivity contribution in [3.63, 3.8) is 0 Å². The van der Waals surface area contributed by atoms with E-state index in [9.17, 15) is 9.59 Å². The Labute approximate surface area is 143 Å². The van der Waals surface area contributed by atoms with Crippen molar-refractivity contribution in [2.45, 2.75) is 52.0 Å². The second-order valence-corrected chi connectivity index (χ2v) is 6.38. The Kier molecular flexibility index (Phi) is 7.09. The number of carbonyl (C=O) groups excluding carboxylic acids is 2. The number of benzene rings is 1. The Morgan fingerprint density at radius 3 is 2.50 bits per heavy atom. The van der Waals surface area contributed by atoms with Gasteiger partial charge in [0.15, 0.2) is 13.2 Å². The molecule has 1 aromatic carbocycles. The Balaban J connectivity index is 1.65. The minimum atomic E-state index is -0.540. The molecule has 0 aliphatic heterocycles. The summed E-state index contributed by atoms with van der Waals surface area (Å²) in [5.74, 6) is 0.313. The average molecular weight is 333 g/mol. The second kappa shape index (κ2) is 9.30. The standard InChI is InChI=1S/C19H27NO4/c1-3-15-8-10-16(11-9-15)23-13-19(22)24-12-18(21)20-17-7-5-4-6-14(17)2/h8-11,14,17H,3-7,12-13H2,1-2H3,(H,20,21)/t14-,17-/m0/s1. The lowest BCUT2D eigenvalue weighted by atomic mass is 9.86. The van der Waals surface area contributed by atoms with Crippen molar-refractivity contribution in [2.24, 2.45) is 5.92 Å². The van der Waals surface area contributed by atoms with E-state index in [-0.39, 0.29) is 25.2 Å². The maximum atomic E-state index is 11.9. The van der Waals surface area contributed by atoms with Crippen LogP contribution in [0.5, 0.6) is 5.75 Å². The summed E-state index contributed by atoms with van der Waals surface area (Å²) < 4.78 is 10.3. The highest BCUT2D eigenvalue weighted by Gasteiger charge is 2.23. The average Bonchev–Trinajstić information content (AvgIpc) is 2.60. The Hall–Kier alpha value is -2.04. The third kappa shape index (κ3) is 5.87. The summed E-state index contributed by atoms with van der Waals surface area (Å²) in [6.45, 7) is 3.78. The van der Waals surface area contributed by atoms with E-state index in [2.05, 4.69) is 19.2 Å². The van der Waals surface area contributed by atoms with Gasteiger partial charge in [-0.15, -0.1) is 0 Å². The number of rotatable bonds is 7. The summed E-state index contributed by atoms with van der Waals surface area (Å²) in [6, 6.07) is 7.75. The fourth-order valence-electron chi connectivity index (χ4n) is 2.93. The number of hydrogen-bond acceptors (Lipinski definition) is 4. The number of carbonyl (C=O) groups is 2. The molecule has 1 saturated carbocycles. The molecule has 0 radical (unpaired) electrons. The number of aryl methyl sites for hydroxylation is 1. The van der Waals surface area contributed by atoms with Crippen LogP contribution >= 0.6 is 0 Å². The molecule has 1 N–H and O–H groups in total. The number of amides is 1. The molecule has 24 heavy (non-hydrogen) atoms. The predicted molar refractivity (Wildman–Crippen MR) is 91.8 cm³/mol. The van der Waals surface area contributed by atoms with Gasteiger partial charge in [0.25, 0.3) is 5.91 Å². The molecule has 1 aliphatic rings. The zero-order valence-electron chi connectivity index (χ0n) is 14.5. The molecule has 0 heterocycles. The first kappa shape index (κ1) is 18.3. The summed E-state index contributed by atoms with van der Waals surface area (Å²) in [6.07, 6.45) is 5.45. The van der Waals surface area contributed by atoms with Crippen molar-refractivity contribution in [3.05, 3.63) is 29.8 Å². The van der Waals surface area contributed by atoms with Gasteiger partial charge < -0.3 is 14.8 Å². The maximum Gasteiger partial charge on any atom is 0.344 e. The van der Waals surface area contributed by atoms with Crippen LogP contribution in [0.4, 0.5) is 0 Å².